The third kappa shape index (κ3) is 2.72. The molecule has 2 aromatic rings. The van der Waals surface area contributed by atoms with E-state index in [0.717, 1.165) is 35.0 Å². The van der Waals surface area contributed by atoms with Gasteiger partial charge in [0.25, 0.3) is 0 Å². The lowest BCUT2D eigenvalue weighted by Gasteiger charge is -2.20. The lowest BCUT2D eigenvalue weighted by molar-refractivity contribution is 0.112. The standard InChI is InChI=1S/C14H16N2OS2/c1-2-12-13(8-17)19-14(15-12)16(11-3-4-11)7-10-5-6-18-9-10/h5-6,8-9,11H,2-4,7H2,1H3. The van der Waals surface area contributed by atoms with Gasteiger partial charge in [-0.25, -0.2) is 4.98 Å². The Morgan fingerprint density at radius 1 is 1.53 bits per heavy atom. The average molecular weight is 292 g/mol. The highest BCUT2D eigenvalue weighted by Crippen LogP contribution is 2.36. The van der Waals surface area contributed by atoms with Gasteiger partial charge in [-0.3, -0.25) is 4.79 Å². The highest BCUT2D eigenvalue weighted by Gasteiger charge is 2.31. The van der Waals surface area contributed by atoms with Crippen molar-refractivity contribution in [1.82, 2.24) is 4.98 Å². The summed E-state index contributed by atoms with van der Waals surface area (Å²) in [6, 6.07) is 2.77. The number of carbonyl (C=O) groups excluding carboxylic acids is 1. The lowest BCUT2D eigenvalue weighted by atomic mass is 10.3. The predicted molar refractivity (Wildman–Crippen MR) is 80.4 cm³/mol. The predicted octanol–water partition coefficient (Wildman–Crippen LogP) is 3.75. The van der Waals surface area contributed by atoms with Gasteiger partial charge in [0.05, 0.1) is 10.6 Å². The van der Waals surface area contributed by atoms with Crippen LogP contribution < -0.4 is 4.90 Å². The van der Waals surface area contributed by atoms with Gasteiger partial charge in [0.1, 0.15) is 0 Å². The van der Waals surface area contributed by atoms with Crippen LogP contribution in [0.4, 0.5) is 5.13 Å². The van der Waals surface area contributed by atoms with Gasteiger partial charge in [-0.2, -0.15) is 11.3 Å². The van der Waals surface area contributed by atoms with E-state index in [9.17, 15) is 4.79 Å². The smallest absolute Gasteiger partial charge is 0.186 e. The number of aryl methyl sites for hydroxylation is 1. The topological polar surface area (TPSA) is 33.2 Å². The first-order valence-electron chi connectivity index (χ1n) is 6.54. The molecule has 2 aromatic heterocycles. The fourth-order valence-electron chi connectivity index (χ4n) is 2.14. The SMILES string of the molecule is CCc1nc(N(Cc2ccsc2)C2CC2)sc1C=O. The van der Waals surface area contributed by atoms with E-state index in [1.54, 1.807) is 11.3 Å². The van der Waals surface area contributed by atoms with E-state index in [2.05, 4.69) is 26.7 Å². The fraction of sp³-hybridized carbons (Fsp3) is 0.429. The molecule has 100 valence electrons. The molecule has 0 atom stereocenters. The summed E-state index contributed by atoms with van der Waals surface area (Å²) >= 11 is 3.26. The van der Waals surface area contributed by atoms with Crippen molar-refractivity contribution in [3.05, 3.63) is 33.0 Å². The summed E-state index contributed by atoms with van der Waals surface area (Å²) in [6.45, 7) is 2.95. The zero-order chi connectivity index (χ0) is 13.2. The number of thiophene rings is 1. The molecular formula is C14H16N2OS2. The Bertz CT molecular complexity index is 558. The lowest BCUT2D eigenvalue weighted by Crippen LogP contribution is -2.24. The molecule has 5 heteroatoms. The maximum atomic E-state index is 11.1. The summed E-state index contributed by atoms with van der Waals surface area (Å²) in [5.41, 5.74) is 2.27. The Labute approximate surface area is 120 Å². The molecule has 1 aliphatic rings. The first-order valence-corrected chi connectivity index (χ1v) is 8.30. The number of thiazole rings is 1. The van der Waals surface area contributed by atoms with Crippen LogP contribution in [0.25, 0.3) is 0 Å². The molecule has 1 fully saturated rings. The first kappa shape index (κ1) is 12.8. The van der Waals surface area contributed by atoms with Crippen LogP contribution in [0.3, 0.4) is 0 Å². The van der Waals surface area contributed by atoms with Crippen molar-refractivity contribution in [2.24, 2.45) is 0 Å². The van der Waals surface area contributed by atoms with Gasteiger partial charge in [-0.05, 0) is 41.7 Å². The molecule has 2 heterocycles. The Kier molecular flexibility index (Phi) is 3.66. The minimum absolute atomic E-state index is 0.607. The average Bonchev–Trinajstić information content (AvgIpc) is 2.99. The molecule has 1 saturated carbocycles. The van der Waals surface area contributed by atoms with Crippen molar-refractivity contribution in [1.29, 1.82) is 0 Å². The molecule has 0 radical (unpaired) electrons. The normalized spacial score (nSPS) is 14.6. The molecule has 0 aromatic carbocycles. The number of aldehydes is 1. The van der Waals surface area contributed by atoms with Gasteiger partial charge < -0.3 is 4.90 Å². The van der Waals surface area contributed by atoms with E-state index in [-0.39, 0.29) is 0 Å². The number of aromatic nitrogens is 1. The highest BCUT2D eigenvalue weighted by atomic mass is 32.1. The van der Waals surface area contributed by atoms with E-state index in [1.807, 2.05) is 6.92 Å². The molecule has 0 N–H and O–H groups in total. The van der Waals surface area contributed by atoms with E-state index in [1.165, 1.54) is 29.7 Å². The Balaban J connectivity index is 1.87. The minimum Gasteiger partial charge on any atom is -0.341 e. The second-order valence-corrected chi connectivity index (χ2v) is 6.56. The molecular weight excluding hydrogens is 276 g/mol. The number of nitrogens with zero attached hydrogens (tertiary/aromatic N) is 2. The molecule has 3 rings (SSSR count). The second-order valence-electron chi connectivity index (χ2n) is 4.77. The van der Waals surface area contributed by atoms with Crippen LogP contribution in [-0.2, 0) is 13.0 Å². The van der Waals surface area contributed by atoms with E-state index < -0.39 is 0 Å². The zero-order valence-electron chi connectivity index (χ0n) is 10.8. The van der Waals surface area contributed by atoms with Gasteiger partial charge >= 0.3 is 0 Å². The number of hydrogen-bond donors (Lipinski definition) is 0. The second kappa shape index (κ2) is 5.43. The van der Waals surface area contributed by atoms with Crippen LogP contribution >= 0.6 is 22.7 Å². The molecule has 0 unspecified atom stereocenters. The Morgan fingerprint density at radius 2 is 2.37 bits per heavy atom. The largest absolute Gasteiger partial charge is 0.341 e. The van der Waals surface area contributed by atoms with Crippen molar-refractivity contribution in [2.75, 3.05) is 4.90 Å². The van der Waals surface area contributed by atoms with Crippen molar-refractivity contribution < 1.29 is 4.79 Å². The van der Waals surface area contributed by atoms with Crippen LogP contribution in [-0.4, -0.2) is 17.3 Å². The number of carbonyl (C=O) groups is 1. The van der Waals surface area contributed by atoms with Gasteiger partial charge in [0, 0.05) is 12.6 Å². The molecule has 0 bridgehead atoms. The van der Waals surface area contributed by atoms with E-state index in [0.29, 0.717) is 6.04 Å². The van der Waals surface area contributed by atoms with E-state index in [4.69, 9.17) is 0 Å². The third-order valence-corrected chi connectivity index (χ3v) is 5.12. The summed E-state index contributed by atoms with van der Waals surface area (Å²) in [4.78, 5) is 18.9. The van der Waals surface area contributed by atoms with Gasteiger partial charge in [0.15, 0.2) is 11.4 Å². The van der Waals surface area contributed by atoms with Crippen LogP contribution in [0.1, 0.15) is 40.7 Å². The molecule has 0 aliphatic heterocycles. The number of anilines is 1. The third-order valence-electron chi connectivity index (χ3n) is 3.32. The molecule has 1 aliphatic carbocycles. The quantitative estimate of drug-likeness (QED) is 0.760. The van der Waals surface area contributed by atoms with E-state index >= 15 is 0 Å². The van der Waals surface area contributed by atoms with Crippen molar-refractivity contribution in [3.8, 4) is 0 Å². The van der Waals surface area contributed by atoms with Crippen molar-refractivity contribution in [3.63, 3.8) is 0 Å². The van der Waals surface area contributed by atoms with Crippen LogP contribution in [0, 0.1) is 0 Å². The Hall–Kier alpha value is -1.20. The molecule has 0 amide bonds. The van der Waals surface area contributed by atoms with Gasteiger partial charge in [0.2, 0.25) is 0 Å². The molecule has 3 nitrogen and oxygen atoms in total. The molecule has 19 heavy (non-hydrogen) atoms. The maximum Gasteiger partial charge on any atom is 0.186 e. The van der Waals surface area contributed by atoms with Gasteiger partial charge in [-0.15, -0.1) is 0 Å². The number of rotatable bonds is 6. The van der Waals surface area contributed by atoms with Crippen molar-refractivity contribution >= 4 is 34.1 Å². The summed E-state index contributed by atoms with van der Waals surface area (Å²) in [5.74, 6) is 0. The fourth-order valence-corrected chi connectivity index (χ4v) is 3.84. The van der Waals surface area contributed by atoms with Crippen LogP contribution in [0.5, 0.6) is 0 Å². The monoisotopic (exact) mass is 292 g/mol. The summed E-state index contributed by atoms with van der Waals surface area (Å²) in [7, 11) is 0. The summed E-state index contributed by atoms with van der Waals surface area (Å²) < 4.78 is 0. The zero-order valence-corrected chi connectivity index (χ0v) is 12.5. The highest BCUT2D eigenvalue weighted by molar-refractivity contribution is 7.17. The van der Waals surface area contributed by atoms with Crippen LogP contribution in [0.2, 0.25) is 0 Å². The summed E-state index contributed by atoms with van der Waals surface area (Å²) in [6.07, 6.45) is 4.24. The molecule has 0 saturated heterocycles. The van der Waals surface area contributed by atoms with Gasteiger partial charge in [-0.1, -0.05) is 18.3 Å². The maximum absolute atomic E-state index is 11.1. The minimum atomic E-state index is 0.607. The van der Waals surface area contributed by atoms with Crippen LogP contribution in [0.15, 0.2) is 16.8 Å². The number of hydrogen-bond acceptors (Lipinski definition) is 5. The Morgan fingerprint density at radius 3 is 2.89 bits per heavy atom. The molecule has 0 spiro atoms. The van der Waals surface area contributed by atoms with Crippen molar-refractivity contribution in [2.45, 2.75) is 38.8 Å². The summed E-state index contributed by atoms with van der Waals surface area (Å²) in [5, 5.41) is 5.30. The first-order chi connectivity index (χ1) is 9.31.